The smallest absolute Gasteiger partial charge is 0.410 e. The molecular formula is C18H28BrN3O2. The number of carbonyl (C=O) groups excluding carboxylic acids is 1. The van der Waals surface area contributed by atoms with Gasteiger partial charge < -0.3 is 14.5 Å². The summed E-state index contributed by atoms with van der Waals surface area (Å²) in [5.41, 5.74) is 0.760. The van der Waals surface area contributed by atoms with Crippen molar-refractivity contribution < 1.29 is 9.53 Å². The fourth-order valence-corrected chi connectivity index (χ4v) is 3.26. The fraction of sp³-hybridized carbons (Fsp3) is 0.667. The monoisotopic (exact) mass is 397 g/mol. The Morgan fingerprint density at radius 3 is 2.83 bits per heavy atom. The van der Waals surface area contributed by atoms with Gasteiger partial charge in [-0.1, -0.05) is 6.07 Å². The predicted molar refractivity (Wildman–Crippen MR) is 98.8 cm³/mol. The maximum absolute atomic E-state index is 12.2. The van der Waals surface area contributed by atoms with Gasteiger partial charge in [-0.05, 0) is 74.1 Å². The highest BCUT2D eigenvalue weighted by atomic mass is 79.9. The first-order chi connectivity index (χ1) is 11.2. The standard InChI is InChI=1S/C18H28BrN3O2/c1-18(2,3)24-17(23)22-9-5-6-15(13-22)12-21(4)11-14-7-8-16(19)20-10-14/h7-8,10,15H,5-6,9,11-13H2,1-4H3/t15-/m0/s1. The van der Waals surface area contributed by atoms with Crippen LogP contribution in [0.5, 0.6) is 0 Å². The maximum Gasteiger partial charge on any atom is 0.410 e. The van der Waals surface area contributed by atoms with E-state index in [0.29, 0.717) is 5.92 Å². The van der Waals surface area contributed by atoms with Gasteiger partial charge in [-0.25, -0.2) is 9.78 Å². The number of ether oxygens (including phenoxy) is 1. The molecule has 1 aliphatic heterocycles. The molecule has 1 aromatic heterocycles. The third kappa shape index (κ3) is 6.40. The first kappa shape index (κ1) is 19.2. The van der Waals surface area contributed by atoms with Crippen molar-refractivity contribution in [1.82, 2.24) is 14.8 Å². The van der Waals surface area contributed by atoms with Crippen LogP contribution in [-0.2, 0) is 11.3 Å². The second-order valence-corrected chi connectivity index (χ2v) is 8.43. The Kier molecular flexibility index (Phi) is 6.63. The van der Waals surface area contributed by atoms with Gasteiger partial charge in [0.25, 0.3) is 0 Å². The van der Waals surface area contributed by atoms with Crippen LogP contribution in [0, 0.1) is 5.92 Å². The number of hydrogen-bond acceptors (Lipinski definition) is 4. The summed E-state index contributed by atoms with van der Waals surface area (Å²) in [7, 11) is 2.12. The number of nitrogens with zero attached hydrogens (tertiary/aromatic N) is 3. The third-order valence-electron chi connectivity index (χ3n) is 3.98. The van der Waals surface area contributed by atoms with E-state index in [-0.39, 0.29) is 6.09 Å². The van der Waals surface area contributed by atoms with Gasteiger partial charge in [0.05, 0.1) is 0 Å². The molecule has 0 unspecified atom stereocenters. The van der Waals surface area contributed by atoms with Crippen LogP contribution in [0.25, 0.3) is 0 Å². The van der Waals surface area contributed by atoms with E-state index in [4.69, 9.17) is 4.74 Å². The number of amides is 1. The van der Waals surface area contributed by atoms with Crippen molar-refractivity contribution in [1.29, 1.82) is 0 Å². The first-order valence-electron chi connectivity index (χ1n) is 8.50. The molecule has 0 N–H and O–H groups in total. The van der Waals surface area contributed by atoms with Crippen molar-refractivity contribution in [3.63, 3.8) is 0 Å². The molecule has 2 heterocycles. The van der Waals surface area contributed by atoms with Crippen molar-refractivity contribution in [3.8, 4) is 0 Å². The lowest BCUT2D eigenvalue weighted by molar-refractivity contribution is 0.0148. The van der Waals surface area contributed by atoms with Crippen molar-refractivity contribution in [2.45, 2.75) is 45.8 Å². The van der Waals surface area contributed by atoms with Gasteiger partial charge >= 0.3 is 6.09 Å². The second-order valence-electron chi connectivity index (χ2n) is 7.62. The highest BCUT2D eigenvalue weighted by Gasteiger charge is 2.28. The van der Waals surface area contributed by atoms with Crippen molar-refractivity contribution in [3.05, 3.63) is 28.5 Å². The Bertz CT molecular complexity index is 542. The van der Waals surface area contributed by atoms with Crippen LogP contribution < -0.4 is 0 Å². The fourth-order valence-electron chi connectivity index (χ4n) is 3.02. The molecule has 0 aliphatic carbocycles. The summed E-state index contributed by atoms with van der Waals surface area (Å²) in [5.74, 6) is 0.486. The number of likely N-dealkylation sites (tertiary alicyclic amines) is 1. The molecule has 1 atom stereocenters. The minimum Gasteiger partial charge on any atom is -0.444 e. The number of aromatic nitrogens is 1. The van der Waals surface area contributed by atoms with Crippen LogP contribution in [0.1, 0.15) is 39.2 Å². The molecule has 0 spiro atoms. The number of halogens is 1. The molecule has 1 aromatic rings. The minimum absolute atomic E-state index is 0.188. The van der Waals surface area contributed by atoms with E-state index in [0.717, 1.165) is 43.6 Å². The summed E-state index contributed by atoms with van der Waals surface area (Å²) in [5, 5.41) is 0. The Balaban J connectivity index is 1.83. The summed E-state index contributed by atoms with van der Waals surface area (Å²) in [6.45, 7) is 9.13. The molecule has 134 valence electrons. The van der Waals surface area contributed by atoms with E-state index in [1.807, 2.05) is 37.9 Å². The molecular weight excluding hydrogens is 370 g/mol. The normalized spacial score (nSPS) is 18.8. The molecule has 1 aliphatic rings. The van der Waals surface area contributed by atoms with Gasteiger partial charge in [-0.2, -0.15) is 0 Å². The second kappa shape index (κ2) is 8.30. The number of hydrogen-bond donors (Lipinski definition) is 0. The number of piperidine rings is 1. The van der Waals surface area contributed by atoms with Gasteiger partial charge in [0.1, 0.15) is 10.2 Å². The van der Waals surface area contributed by atoms with E-state index < -0.39 is 5.60 Å². The van der Waals surface area contributed by atoms with Gasteiger partial charge in [0.2, 0.25) is 0 Å². The molecule has 0 saturated carbocycles. The minimum atomic E-state index is -0.435. The van der Waals surface area contributed by atoms with Crippen LogP contribution >= 0.6 is 15.9 Å². The van der Waals surface area contributed by atoms with Crippen LogP contribution in [-0.4, -0.2) is 53.2 Å². The molecule has 24 heavy (non-hydrogen) atoms. The molecule has 0 aromatic carbocycles. The zero-order valence-electron chi connectivity index (χ0n) is 15.1. The highest BCUT2D eigenvalue weighted by Crippen LogP contribution is 2.20. The lowest BCUT2D eigenvalue weighted by atomic mass is 9.97. The summed E-state index contributed by atoms with van der Waals surface area (Å²) in [6, 6.07) is 4.05. The van der Waals surface area contributed by atoms with Crippen LogP contribution in [0.2, 0.25) is 0 Å². The molecule has 6 heteroatoms. The predicted octanol–water partition coefficient (Wildman–Crippen LogP) is 3.92. The zero-order valence-corrected chi connectivity index (χ0v) is 16.7. The van der Waals surface area contributed by atoms with Crippen LogP contribution in [0.3, 0.4) is 0 Å². The lowest BCUT2D eigenvalue weighted by Crippen LogP contribution is -2.45. The third-order valence-corrected chi connectivity index (χ3v) is 4.45. The molecule has 1 amide bonds. The van der Waals surface area contributed by atoms with Crippen molar-refractivity contribution in [2.75, 3.05) is 26.7 Å². The summed E-state index contributed by atoms with van der Waals surface area (Å²) >= 11 is 3.36. The van der Waals surface area contributed by atoms with E-state index in [1.165, 1.54) is 5.56 Å². The van der Waals surface area contributed by atoms with Crippen LogP contribution in [0.15, 0.2) is 22.9 Å². The SMILES string of the molecule is CN(Cc1ccc(Br)nc1)C[C@@H]1CCCN(C(=O)OC(C)(C)C)C1. The Labute approximate surface area is 153 Å². The van der Waals surface area contributed by atoms with E-state index in [1.54, 1.807) is 0 Å². The Morgan fingerprint density at radius 2 is 2.21 bits per heavy atom. The number of carbonyl (C=O) groups is 1. The maximum atomic E-state index is 12.2. The van der Waals surface area contributed by atoms with Gasteiger partial charge in [0, 0.05) is 32.4 Å². The van der Waals surface area contributed by atoms with Gasteiger partial charge in [-0.15, -0.1) is 0 Å². The average molecular weight is 398 g/mol. The molecule has 1 saturated heterocycles. The molecule has 2 rings (SSSR count). The summed E-state index contributed by atoms with van der Waals surface area (Å²) in [6.07, 6.45) is 3.90. The topological polar surface area (TPSA) is 45.7 Å². The van der Waals surface area contributed by atoms with E-state index in [2.05, 4.69) is 38.9 Å². The molecule has 5 nitrogen and oxygen atoms in total. The van der Waals surface area contributed by atoms with E-state index in [9.17, 15) is 4.79 Å². The number of pyridine rings is 1. The van der Waals surface area contributed by atoms with Gasteiger partial charge in [0.15, 0.2) is 0 Å². The number of rotatable bonds is 4. The molecule has 1 fully saturated rings. The van der Waals surface area contributed by atoms with Crippen molar-refractivity contribution in [2.24, 2.45) is 5.92 Å². The van der Waals surface area contributed by atoms with Crippen molar-refractivity contribution >= 4 is 22.0 Å². The molecule has 0 radical (unpaired) electrons. The quantitative estimate of drug-likeness (QED) is 0.722. The Morgan fingerprint density at radius 1 is 1.46 bits per heavy atom. The first-order valence-corrected chi connectivity index (χ1v) is 9.29. The van der Waals surface area contributed by atoms with E-state index >= 15 is 0 Å². The Hall–Kier alpha value is -1.14. The zero-order chi connectivity index (χ0) is 17.7. The molecule has 0 bridgehead atoms. The lowest BCUT2D eigenvalue weighted by Gasteiger charge is -2.35. The largest absolute Gasteiger partial charge is 0.444 e. The highest BCUT2D eigenvalue weighted by molar-refractivity contribution is 9.10. The summed E-state index contributed by atoms with van der Waals surface area (Å²) < 4.78 is 6.35. The summed E-state index contributed by atoms with van der Waals surface area (Å²) in [4.78, 5) is 20.7. The average Bonchev–Trinajstić information content (AvgIpc) is 2.48. The van der Waals surface area contributed by atoms with Gasteiger partial charge in [-0.3, -0.25) is 0 Å². The van der Waals surface area contributed by atoms with Crippen LogP contribution in [0.4, 0.5) is 4.79 Å².